The molecule has 1 aromatic carbocycles. The number of carbonyl (C=O) groups excluding carboxylic acids is 2. The fourth-order valence-electron chi connectivity index (χ4n) is 4.40. The van der Waals surface area contributed by atoms with Crippen molar-refractivity contribution in [2.75, 3.05) is 31.1 Å². The summed E-state index contributed by atoms with van der Waals surface area (Å²) in [6.07, 6.45) is 2.23. The Bertz CT molecular complexity index is 786. The first-order valence-corrected chi connectivity index (χ1v) is 10.4. The molecule has 0 aliphatic carbocycles. The van der Waals surface area contributed by atoms with E-state index < -0.39 is 11.5 Å². The number of carboxylic acid groups (broad SMARTS) is 1. The molecule has 7 nitrogen and oxygen atoms in total. The van der Waals surface area contributed by atoms with Crippen molar-refractivity contribution in [3.63, 3.8) is 0 Å². The van der Waals surface area contributed by atoms with Gasteiger partial charge in [0.2, 0.25) is 11.8 Å². The Balaban J connectivity index is 1.53. The summed E-state index contributed by atoms with van der Waals surface area (Å²) >= 11 is 0. The second-order valence-electron chi connectivity index (χ2n) is 8.31. The highest BCUT2D eigenvalue weighted by molar-refractivity contribution is 5.80. The molecule has 3 rings (SSSR count). The number of nitrogens with one attached hydrogen (secondary N) is 1. The van der Waals surface area contributed by atoms with Crippen molar-refractivity contribution >= 4 is 23.5 Å². The Morgan fingerprint density at radius 2 is 1.79 bits per heavy atom. The van der Waals surface area contributed by atoms with Gasteiger partial charge in [-0.3, -0.25) is 14.4 Å². The van der Waals surface area contributed by atoms with Gasteiger partial charge in [-0.05, 0) is 50.3 Å². The minimum atomic E-state index is -0.876. The Morgan fingerprint density at radius 3 is 2.41 bits per heavy atom. The van der Waals surface area contributed by atoms with Gasteiger partial charge in [0.25, 0.3) is 0 Å². The van der Waals surface area contributed by atoms with Crippen LogP contribution >= 0.6 is 0 Å². The summed E-state index contributed by atoms with van der Waals surface area (Å²) < 4.78 is 0. The van der Waals surface area contributed by atoms with E-state index in [1.165, 1.54) is 16.8 Å². The quantitative estimate of drug-likeness (QED) is 0.731. The largest absolute Gasteiger partial charge is 0.481 e. The zero-order valence-electron chi connectivity index (χ0n) is 17.4. The van der Waals surface area contributed by atoms with Crippen molar-refractivity contribution in [2.45, 2.75) is 57.9 Å². The summed E-state index contributed by atoms with van der Waals surface area (Å²) in [7, 11) is 0. The van der Waals surface area contributed by atoms with Gasteiger partial charge in [-0.15, -0.1) is 0 Å². The van der Waals surface area contributed by atoms with E-state index in [9.17, 15) is 14.4 Å². The number of piperazine rings is 1. The molecule has 2 aliphatic rings. The van der Waals surface area contributed by atoms with Crippen molar-refractivity contribution in [1.29, 1.82) is 0 Å². The van der Waals surface area contributed by atoms with Gasteiger partial charge in [0.05, 0.1) is 0 Å². The van der Waals surface area contributed by atoms with E-state index in [4.69, 9.17) is 5.11 Å². The maximum absolute atomic E-state index is 12.8. The molecule has 0 spiro atoms. The summed E-state index contributed by atoms with van der Waals surface area (Å²) in [5.41, 5.74) is 3.24. The molecule has 0 aromatic heterocycles. The Morgan fingerprint density at radius 1 is 1.10 bits per heavy atom. The molecule has 1 aromatic rings. The predicted octanol–water partition coefficient (Wildman–Crippen LogP) is 2.25. The number of hydrogen-bond donors (Lipinski definition) is 2. The van der Waals surface area contributed by atoms with E-state index >= 15 is 0 Å². The van der Waals surface area contributed by atoms with E-state index in [1.807, 2.05) is 4.90 Å². The van der Waals surface area contributed by atoms with Crippen molar-refractivity contribution in [3.8, 4) is 0 Å². The molecule has 2 fully saturated rings. The summed E-state index contributed by atoms with van der Waals surface area (Å²) in [4.78, 5) is 39.7. The van der Waals surface area contributed by atoms with E-state index in [1.54, 1.807) is 0 Å². The topological polar surface area (TPSA) is 90.0 Å². The van der Waals surface area contributed by atoms with Crippen LogP contribution in [0, 0.1) is 13.8 Å². The lowest BCUT2D eigenvalue weighted by molar-refractivity contribution is -0.137. The third kappa shape index (κ3) is 5.08. The van der Waals surface area contributed by atoms with Gasteiger partial charge in [0.1, 0.15) is 0 Å². The summed E-state index contributed by atoms with van der Waals surface area (Å²) in [5, 5.41) is 11.9. The van der Waals surface area contributed by atoms with E-state index in [0.717, 1.165) is 13.1 Å². The maximum Gasteiger partial charge on any atom is 0.303 e. The van der Waals surface area contributed by atoms with Crippen LogP contribution < -0.4 is 10.2 Å². The number of benzene rings is 1. The SMILES string of the molecule is Cc1cccc(N2CCN(C(=O)CCC3(CCC(=O)O)CCC(=O)N3)CC2)c1C. The van der Waals surface area contributed by atoms with Gasteiger partial charge in [0, 0.05) is 56.7 Å². The highest BCUT2D eigenvalue weighted by atomic mass is 16.4. The molecule has 1 unspecified atom stereocenters. The number of hydrogen-bond acceptors (Lipinski definition) is 4. The Kier molecular flexibility index (Phi) is 6.45. The summed E-state index contributed by atoms with van der Waals surface area (Å²) in [5.74, 6) is -0.842. The minimum Gasteiger partial charge on any atom is -0.481 e. The predicted molar refractivity (Wildman–Crippen MR) is 111 cm³/mol. The molecule has 0 bridgehead atoms. The number of carboxylic acids is 1. The summed E-state index contributed by atoms with van der Waals surface area (Å²) in [6.45, 7) is 7.21. The molecule has 2 heterocycles. The van der Waals surface area contributed by atoms with Crippen LogP contribution in [0.4, 0.5) is 5.69 Å². The van der Waals surface area contributed by atoms with Gasteiger partial charge in [0.15, 0.2) is 0 Å². The van der Waals surface area contributed by atoms with Crippen LogP contribution in [-0.4, -0.2) is 59.5 Å². The third-order valence-electron chi connectivity index (χ3n) is 6.42. The molecule has 7 heteroatoms. The number of aryl methyl sites for hydroxylation is 1. The van der Waals surface area contributed by atoms with Crippen LogP contribution in [0.2, 0.25) is 0 Å². The lowest BCUT2D eigenvalue weighted by Crippen LogP contribution is -2.50. The van der Waals surface area contributed by atoms with Crippen molar-refractivity contribution in [3.05, 3.63) is 29.3 Å². The highest BCUT2D eigenvalue weighted by Gasteiger charge is 2.38. The molecule has 29 heavy (non-hydrogen) atoms. The monoisotopic (exact) mass is 401 g/mol. The maximum atomic E-state index is 12.8. The molecule has 2 aliphatic heterocycles. The second kappa shape index (κ2) is 8.84. The van der Waals surface area contributed by atoms with E-state index in [-0.39, 0.29) is 18.2 Å². The van der Waals surface area contributed by atoms with E-state index in [2.05, 4.69) is 42.3 Å². The molecule has 0 radical (unpaired) electrons. The molecule has 0 saturated carbocycles. The zero-order valence-corrected chi connectivity index (χ0v) is 17.4. The fraction of sp³-hybridized carbons (Fsp3) is 0.591. The molecule has 2 amide bonds. The summed E-state index contributed by atoms with van der Waals surface area (Å²) in [6, 6.07) is 6.32. The van der Waals surface area contributed by atoms with Gasteiger partial charge in [-0.25, -0.2) is 0 Å². The van der Waals surface area contributed by atoms with Gasteiger partial charge >= 0.3 is 5.97 Å². The number of anilines is 1. The van der Waals surface area contributed by atoms with Crippen molar-refractivity contribution < 1.29 is 19.5 Å². The Hall–Kier alpha value is -2.57. The van der Waals surface area contributed by atoms with E-state index in [0.29, 0.717) is 45.2 Å². The first kappa shape index (κ1) is 21.1. The third-order valence-corrected chi connectivity index (χ3v) is 6.42. The smallest absolute Gasteiger partial charge is 0.303 e. The first-order valence-electron chi connectivity index (χ1n) is 10.4. The van der Waals surface area contributed by atoms with Crippen LogP contribution in [0.5, 0.6) is 0 Å². The van der Waals surface area contributed by atoms with Crippen LogP contribution in [0.3, 0.4) is 0 Å². The lowest BCUT2D eigenvalue weighted by Gasteiger charge is -2.37. The average molecular weight is 402 g/mol. The molecular formula is C22H31N3O4. The number of nitrogens with zero attached hydrogens (tertiary/aromatic N) is 2. The zero-order chi connectivity index (χ0) is 21.0. The molecule has 158 valence electrons. The van der Waals surface area contributed by atoms with Crippen LogP contribution in [0.15, 0.2) is 18.2 Å². The van der Waals surface area contributed by atoms with Gasteiger partial charge < -0.3 is 20.2 Å². The average Bonchev–Trinajstić information content (AvgIpc) is 3.08. The van der Waals surface area contributed by atoms with Crippen LogP contribution in [-0.2, 0) is 14.4 Å². The lowest BCUT2D eigenvalue weighted by atomic mass is 9.86. The van der Waals surface area contributed by atoms with Crippen molar-refractivity contribution in [1.82, 2.24) is 10.2 Å². The minimum absolute atomic E-state index is 0.00296. The second-order valence-corrected chi connectivity index (χ2v) is 8.31. The Labute approximate surface area is 172 Å². The fourth-order valence-corrected chi connectivity index (χ4v) is 4.40. The molecule has 1 atom stereocenters. The molecule has 2 saturated heterocycles. The number of aliphatic carboxylic acids is 1. The standard InChI is InChI=1S/C22H31N3O4/c1-16-4-3-5-18(17(16)2)24-12-14-25(15-13-24)20(27)7-10-22(11-8-21(28)29)9-6-19(26)23-22/h3-5H,6-15H2,1-2H3,(H,23,26)(H,28,29). The number of amides is 2. The number of carbonyl (C=O) groups is 3. The highest BCUT2D eigenvalue weighted by Crippen LogP contribution is 2.31. The number of rotatable bonds is 7. The van der Waals surface area contributed by atoms with Crippen molar-refractivity contribution in [2.24, 2.45) is 0 Å². The van der Waals surface area contributed by atoms with Crippen LogP contribution in [0.1, 0.15) is 49.7 Å². The van der Waals surface area contributed by atoms with Gasteiger partial charge in [-0.2, -0.15) is 0 Å². The van der Waals surface area contributed by atoms with Gasteiger partial charge in [-0.1, -0.05) is 12.1 Å². The first-order chi connectivity index (χ1) is 13.8. The molecule has 2 N–H and O–H groups in total. The molecular weight excluding hydrogens is 370 g/mol. The normalized spacial score (nSPS) is 21.9. The van der Waals surface area contributed by atoms with Crippen LogP contribution in [0.25, 0.3) is 0 Å².